The molecule has 0 radical (unpaired) electrons. The van der Waals surface area contributed by atoms with Crippen LogP contribution in [0.2, 0.25) is 0 Å². The first-order valence-electron chi connectivity index (χ1n) is 8.47. The summed E-state index contributed by atoms with van der Waals surface area (Å²) in [5.74, 6) is -0.0651. The quantitative estimate of drug-likeness (QED) is 0.863. The van der Waals surface area contributed by atoms with Crippen molar-refractivity contribution in [2.45, 2.75) is 19.8 Å². The molecule has 0 N–H and O–H groups in total. The zero-order valence-corrected chi connectivity index (χ0v) is 13.9. The van der Waals surface area contributed by atoms with Gasteiger partial charge in [-0.05, 0) is 50.1 Å². The van der Waals surface area contributed by atoms with Crippen LogP contribution < -0.4 is 4.90 Å². The maximum Gasteiger partial charge on any atom is 0.258 e. The molecular formula is C20H22N2O2. The van der Waals surface area contributed by atoms with E-state index in [0.29, 0.717) is 17.7 Å². The second-order valence-electron chi connectivity index (χ2n) is 5.97. The van der Waals surface area contributed by atoms with Crippen LogP contribution in [-0.2, 0) is 0 Å². The number of amides is 2. The van der Waals surface area contributed by atoms with E-state index in [-0.39, 0.29) is 11.8 Å². The van der Waals surface area contributed by atoms with E-state index in [1.165, 1.54) is 0 Å². The van der Waals surface area contributed by atoms with Gasteiger partial charge in [0, 0.05) is 36.4 Å². The lowest BCUT2D eigenvalue weighted by Crippen LogP contribution is -2.31. The fraction of sp³-hybridized carbons (Fsp3) is 0.300. The SMILES string of the molecule is CCN(C(=O)c1cccc(C(=O)N2CCCC2)c1)c1ccccc1. The van der Waals surface area contributed by atoms with Crippen molar-refractivity contribution in [2.24, 2.45) is 0 Å². The molecule has 2 aromatic rings. The average Bonchev–Trinajstić information content (AvgIpc) is 3.17. The highest BCUT2D eigenvalue weighted by atomic mass is 16.2. The van der Waals surface area contributed by atoms with Gasteiger partial charge in [-0.2, -0.15) is 0 Å². The highest BCUT2D eigenvalue weighted by Crippen LogP contribution is 2.19. The van der Waals surface area contributed by atoms with E-state index in [2.05, 4.69) is 0 Å². The van der Waals surface area contributed by atoms with E-state index in [1.807, 2.05) is 42.2 Å². The molecule has 0 bridgehead atoms. The Hall–Kier alpha value is -2.62. The molecule has 4 heteroatoms. The van der Waals surface area contributed by atoms with Gasteiger partial charge in [0.15, 0.2) is 0 Å². The minimum absolute atomic E-state index is 0.0184. The van der Waals surface area contributed by atoms with E-state index >= 15 is 0 Å². The number of para-hydroxylation sites is 1. The number of carbonyl (C=O) groups excluding carboxylic acids is 2. The van der Waals surface area contributed by atoms with Crippen molar-refractivity contribution in [1.82, 2.24) is 4.90 Å². The predicted octanol–water partition coefficient (Wildman–Crippen LogP) is 3.59. The van der Waals surface area contributed by atoms with E-state index in [9.17, 15) is 9.59 Å². The molecule has 2 amide bonds. The first-order chi connectivity index (χ1) is 11.7. The normalized spacial score (nSPS) is 13.8. The maximum atomic E-state index is 12.9. The third kappa shape index (κ3) is 3.32. The Labute approximate surface area is 142 Å². The minimum Gasteiger partial charge on any atom is -0.339 e. The Bertz CT molecular complexity index is 721. The van der Waals surface area contributed by atoms with Crippen molar-refractivity contribution in [3.05, 3.63) is 65.7 Å². The molecule has 1 fully saturated rings. The second kappa shape index (κ2) is 7.30. The summed E-state index contributed by atoms with van der Waals surface area (Å²) in [5, 5.41) is 0. The number of carbonyl (C=O) groups is 2. The molecule has 3 rings (SSSR count). The van der Waals surface area contributed by atoms with Gasteiger partial charge in [-0.3, -0.25) is 9.59 Å². The molecule has 1 aliphatic rings. The topological polar surface area (TPSA) is 40.6 Å². The van der Waals surface area contributed by atoms with Gasteiger partial charge in [-0.15, -0.1) is 0 Å². The monoisotopic (exact) mass is 322 g/mol. The summed E-state index contributed by atoms with van der Waals surface area (Å²) < 4.78 is 0. The fourth-order valence-corrected chi connectivity index (χ4v) is 3.10. The number of benzene rings is 2. The van der Waals surface area contributed by atoms with E-state index in [1.54, 1.807) is 29.2 Å². The number of rotatable bonds is 4. The molecule has 124 valence electrons. The van der Waals surface area contributed by atoms with Crippen LogP contribution in [0.15, 0.2) is 54.6 Å². The summed E-state index contributed by atoms with van der Waals surface area (Å²) in [5.41, 5.74) is 2.00. The summed E-state index contributed by atoms with van der Waals surface area (Å²) >= 11 is 0. The Morgan fingerprint density at radius 3 is 2.29 bits per heavy atom. The highest BCUT2D eigenvalue weighted by molar-refractivity contribution is 6.07. The number of hydrogen-bond acceptors (Lipinski definition) is 2. The Kier molecular flexibility index (Phi) is 4.94. The molecule has 1 aliphatic heterocycles. The third-order valence-electron chi connectivity index (χ3n) is 4.38. The van der Waals surface area contributed by atoms with Gasteiger partial charge in [-0.25, -0.2) is 0 Å². The first kappa shape index (κ1) is 16.2. The van der Waals surface area contributed by atoms with Crippen LogP contribution in [0.3, 0.4) is 0 Å². The highest BCUT2D eigenvalue weighted by Gasteiger charge is 2.21. The van der Waals surface area contributed by atoms with Crippen molar-refractivity contribution in [2.75, 3.05) is 24.5 Å². The Balaban J connectivity index is 1.84. The smallest absolute Gasteiger partial charge is 0.258 e. The Morgan fingerprint density at radius 1 is 0.958 bits per heavy atom. The summed E-state index contributed by atoms with van der Waals surface area (Å²) in [6.45, 7) is 4.14. The van der Waals surface area contributed by atoms with E-state index in [0.717, 1.165) is 31.6 Å². The number of nitrogens with zero attached hydrogens (tertiary/aromatic N) is 2. The number of hydrogen-bond donors (Lipinski definition) is 0. The van der Waals surface area contributed by atoms with Crippen molar-refractivity contribution >= 4 is 17.5 Å². The lowest BCUT2D eigenvalue weighted by molar-refractivity contribution is 0.0793. The maximum absolute atomic E-state index is 12.9. The van der Waals surface area contributed by atoms with Gasteiger partial charge in [0.2, 0.25) is 0 Å². The molecule has 0 spiro atoms. The molecule has 0 saturated carbocycles. The Morgan fingerprint density at radius 2 is 1.62 bits per heavy atom. The van der Waals surface area contributed by atoms with Gasteiger partial charge in [-0.1, -0.05) is 24.3 Å². The number of anilines is 1. The molecule has 2 aromatic carbocycles. The van der Waals surface area contributed by atoms with Gasteiger partial charge in [0.05, 0.1) is 0 Å². The number of likely N-dealkylation sites (tertiary alicyclic amines) is 1. The second-order valence-corrected chi connectivity index (χ2v) is 5.97. The lowest BCUT2D eigenvalue weighted by Gasteiger charge is -2.21. The van der Waals surface area contributed by atoms with Crippen molar-refractivity contribution in [3.8, 4) is 0 Å². The summed E-state index contributed by atoms with van der Waals surface area (Å²) in [6.07, 6.45) is 2.12. The largest absolute Gasteiger partial charge is 0.339 e. The van der Waals surface area contributed by atoms with Crippen molar-refractivity contribution in [1.29, 1.82) is 0 Å². The predicted molar refractivity (Wildman–Crippen MR) is 95.4 cm³/mol. The molecule has 24 heavy (non-hydrogen) atoms. The van der Waals surface area contributed by atoms with Gasteiger partial charge in [0.25, 0.3) is 11.8 Å². The standard InChI is InChI=1S/C20H22N2O2/c1-2-22(18-11-4-3-5-12-18)20(24)17-10-8-9-16(15-17)19(23)21-13-6-7-14-21/h3-5,8-12,15H,2,6-7,13-14H2,1H3. The summed E-state index contributed by atoms with van der Waals surface area (Å²) in [4.78, 5) is 29.0. The van der Waals surface area contributed by atoms with Crippen LogP contribution in [0.4, 0.5) is 5.69 Å². The van der Waals surface area contributed by atoms with Gasteiger partial charge < -0.3 is 9.80 Å². The zero-order chi connectivity index (χ0) is 16.9. The first-order valence-corrected chi connectivity index (χ1v) is 8.47. The van der Waals surface area contributed by atoms with Crippen LogP contribution >= 0.6 is 0 Å². The van der Waals surface area contributed by atoms with E-state index < -0.39 is 0 Å². The van der Waals surface area contributed by atoms with Crippen molar-refractivity contribution < 1.29 is 9.59 Å². The summed E-state index contributed by atoms with van der Waals surface area (Å²) in [7, 11) is 0. The molecule has 0 unspecified atom stereocenters. The molecule has 1 heterocycles. The van der Waals surface area contributed by atoms with Gasteiger partial charge in [0.1, 0.15) is 0 Å². The zero-order valence-electron chi connectivity index (χ0n) is 13.9. The molecule has 0 aromatic heterocycles. The fourth-order valence-electron chi connectivity index (χ4n) is 3.10. The van der Waals surface area contributed by atoms with Crippen molar-refractivity contribution in [3.63, 3.8) is 0 Å². The lowest BCUT2D eigenvalue weighted by atomic mass is 10.1. The summed E-state index contributed by atoms with van der Waals surface area (Å²) in [6, 6.07) is 16.7. The van der Waals surface area contributed by atoms with Crippen LogP contribution in [0.1, 0.15) is 40.5 Å². The van der Waals surface area contributed by atoms with Gasteiger partial charge >= 0.3 is 0 Å². The third-order valence-corrected chi connectivity index (χ3v) is 4.38. The van der Waals surface area contributed by atoms with Crippen LogP contribution in [0.25, 0.3) is 0 Å². The van der Waals surface area contributed by atoms with Crippen LogP contribution in [-0.4, -0.2) is 36.3 Å². The molecule has 0 aliphatic carbocycles. The molecular weight excluding hydrogens is 300 g/mol. The molecule has 0 atom stereocenters. The molecule has 4 nitrogen and oxygen atoms in total. The minimum atomic E-state index is -0.0835. The van der Waals surface area contributed by atoms with Crippen LogP contribution in [0, 0.1) is 0 Å². The van der Waals surface area contributed by atoms with E-state index in [4.69, 9.17) is 0 Å². The average molecular weight is 322 g/mol. The van der Waals surface area contributed by atoms with Crippen LogP contribution in [0.5, 0.6) is 0 Å². The molecule has 1 saturated heterocycles.